The number of hydrogen-bond acceptors (Lipinski definition) is 6. The maximum atomic E-state index is 12.3. The van der Waals surface area contributed by atoms with Gasteiger partial charge in [0.1, 0.15) is 0 Å². The van der Waals surface area contributed by atoms with Crippen LogP contribution in [-0.2, 0) is 10.5 Å². The zero-order valence-electron chi connectivity index (χ0n) is 13.2. The van der Waals surface area contributed by atoms with Crippen LogP contribution < -0.4 is 5.32 Å². The van der Waals surface area contributed by atoms with E-state index in [1.807, 2.05) is 30.5 Å². The first-order valence-electron chi connectivity index (χ1n) is 7.27. The van der Waals surface area contributed by atoms with Crippen LogP contribution >= 0.6 is 34.9 Å². The third-order valence-electron chi connectivity index (χ3n) is 2.93. The Bertz CT molecular complexity index is 703. The van der Waals surface area contributed by atoms with Crippen molar-refractivity contribution < 1.29 is 14.7 Å². The van der Waals surface area contributed by atoms with E-state index in [9.17, 15) is 9.59 Å². The highest BCUT2D eigenvalue weighted by Gasteiger charge is 2.11. The molecular formula is C16H18N2O3S3. The van der Waals surface area contributed by atoms with Gasteiger partial charge in [-0.1, -0.05) is 12.1 Å². The summed E-state index contributed by atoms with van der Waals surface area (Å²) in [4.78, 5) is 28.1. The van der Waals surface area contributed by atoms with Gasteiger partial charge in [0.25, 0.3) is 5.91 Å². The molecule has 0 atom stereocenters. The number of nitrogens with one attached hydrogen (secondary N) is 1. The number of aryl methyl sites for hydroxylation is 1. The quantitative estimate of drug-likeness (QED) is 0.512. The van der Waals surface area contributed by atoms with Crippen LogP contribution in [0.5, 0.6) is 0 Å². The monoisotopic (exact) mass is 382 g/mol. The summed E-state index contributed by atoms with van der Waals surface area (Å²) in [5.74, 6) is 0.373. The van der Waals surface area contributed by atoms with Crippen molar-refractivity contribution in [1.29, 1.82) is 0 Å². The van der Waals surface area contributed by atoms with Crippen LogP contribution in [0.15, 0.2) is 34.5 Å². The van der Waals surface area contributed by atoms with Gasteiger partial charge in [-0.15, -0.1) is 34.9 Å². The highest BCUT2D eigenvalue weighted by Crippen LogP contribution is 2.26. The summed E-state index contributed by atoms with van der Waals surface area (Å²) >= 11 is 4.50. The van der Waals surface area contributed by atoms with E-state index in [-0.39, 0.29) is 11.7 Å². The van der Waals surface area contributed by atoms with Crippen LogP contribution in [0.1, 0.15) is 21.1 Å². The lowest BCUT2D eigenvalue weighted by Gasteiger charge is -2.09. The molecule has 2 rings (SSSR count). The van der Waals surface area contributed by atoms with Gasteiger partial charge in [-0.3, -0.25) is 9.59 Å². The second-order valence-corrected chi connectivity index (χ2v) is 8.03. The van der Waals surface area contributed by atoms with Gasteiger partial charge in [-0.25, -0.2) is 4.98 Å². The average molecular weight is 383 g/mol. The molecule has 5 nitrogen and oxygen atoms in total. The predicted octanol–water partition coefficient (Wildman–Crippen LogP) is 3.29. The molecule has 0 fully saturated rings. The number of carbonyl (C=O) groups is 2. The van der Waals surface area contributed by atoms with Crippen LogP contribution in [0.3, 0.4) is 0 Å². The first-order valence-corrected chi connectivity index (χ1v) is 10.3. The number of thiazole rings is 1. The van der Waals surface area contributed by atoms with E-state index in [2.05, 4.69) is 10.3 Å². The van der Waals surface area contributed by atoms with Crippen LogP contribution in [0.25, 0.3) is 0 Å². The smallest absolute Gasteiger partial charge is 0.313 e. The summed E-state index contributed by atoms with van der Waals surface area (Å²) in [6.07, 6.45) is 0. The maximum Gasteiger partial charge on any atom is 0.313 e. The topological polar surface area (TPSA) is 79.3 Å². The number of amides is 1. The first-order chi connectivity index (χ1) is 11.6. The number of rotatable bonds is 9. The van der Waals surface area contributed by atoms with Gasteiger partial charge in [-0.05, 0) is 19.1 Å². The molecule has 1 amide bonds. The number of thioether (sulfide) groups is 2. The van der Waals surface area contributed by atoms with E-state index in [1.165, 1.54) is 11.8 Å². The molecule has 0 unspecified atom stereocenters. The number of carbonyl (C=O) groups excluding carboxylic acids is 1. The van der Waals surface area contributed by atoms with Gasteiger partial charge in [0, 0.05) is 28.3 Å². The maximum absolute atomic E-state index is 12.3. The number of aliphatic carboxylic acids is 1. The Morgan fingerprint density at radius 1 is 1.33 bits per heavy atom. The molecule has 0 saturated heterocycles. The largest absolute Gasteiger partial charge is 0.481 e. The van der Waals surface area contributed by atoms with Crippen molar-refractivity contribution in [3.63, 3.8) is 0 Å². The molecule has 0 aliphatic heterocycles. The van der Waals surface area contributed by atoms with Crippen molar-refractivity contribution in [3.8, 4) is 0 Å². The molecule has 128 valence electrons. The minimum atomic E-state index is -0.842. The molecule has 1 aromatic heterocycles. The molecule has 0 aliphatic rings. The van der Waals surface area contributed by atoms with E-state index >= 15 is 0 Å². The molecule has 24 heavy (non-hydrogen) atoms. The Hall–Kier alpha value is -1.51. The molecule has 0 bridgehead atoms. The van der Waals surface area contributed by atoms with Crippen LogP contribution in [0.2, 0.25) is 0 Å². The lowest BCUT2D eigenvalue weighted by atomic mass is 10.2. The summed E-state index contributed by atoms with van der Waals surface area (Å²) in [6, 6.07) is 7.48. The number of hydrogen-bond donors (Lipinski definition) is 2. The van der Waals surface area contributed by atoms with Crippen LogP contribution in [-0.4, -0.2) is 40.0 Å². The molecule has 8 heteroatoms. The highest BCUT2D eigenvalue weighted by atomic mass is 32.2. The first kappa shape index (κ1) is 18.8. The van der Waals surface area contributed by atoms with E-state index < -0.39 is 5.97 Å². The standard InChI is InChI=1S/C16H18N2O3S3/c1-11-18-12(8-23-11)9-24-14-5-3-2-4-13(14)16(21)17-6-7-22-10-15(19)20/h2-5,8H,6-7,9-10H2,1H3,(H,17,21)(H,19,20). The average Bonchev–Trinajstić information content (AvgIpc) is 2.98. The fourth-order valence-corrected chi connectivity index (χ4v) is 4.12. The van der Waals surface area contributed by atoms with Gasteiger partial charge in [0.15, 0.2) is 0 Å². The van der Waals surface area contributed by atoms with Crippen LogP contribution in [0, 0.1) is 6.92 Å². The van der Waals surface area contributed by atoms with Gasteiger partial charge in [-0.2, -0.15) is 0 Å². The third kappa shape index (κ3) is 6.18. The third-order valence-corrected chi connectivity index (χ3v) is 5.80. The second kappa shape index (κ2) is 9.71. The lowest BCUT2D eigenvalue weighted by molar-refractivity contribution is -0.133. The Kier molecular flexibility index (Phi) is 7.61. The van der Waals surface area contributed by atoms with Crippen molar-refractivity contribution in [2.24, 2.45) is 0 Å². The molecule has 0 saturated carbocycles. The highest BCUT2D eigenvalue weighted by molar-refractivity contribution is 7.99. The molecule has 1 heterocycles. The fourth-order valence-electron chi connectivity index (χ4n) is 1.90. The Labute approximate surface area is 153 Å². The Balaban J connectivity index is 1.87. The Morgan fingerprint density at radius 2 is 2.12 bits per heavy atom. The van der Waals surface area contributed by atoms with Crippen molar-refractivity contribution in [2.45, 2.75) is 17.6 Å². The summed E-state index contributed by atoms with van der Waals surface area (Å²) in [5, 5.41) is 14.5. The van der Waals surface area contributed by atoms with Gasteiger partial charge in [0.05, 0.1) is 22.0 Å². The van der Waals surface area contributed by atoms with Crippen molar-refractivity contribution in [2.75, 3.05) is 18.1 Å². The summed E-state index contributed by atoms with van der Waals surface area (Å²) in [6.45, 7) is 2.42. The summed E-state index contributed by atoms with van der Waals surface area (Å²) in [5.41, 5.74) is 1.65. The van der Waals surface area contributed by atoms with Crippen molar-refractivity contribution >= 4 is 46.7 Å². The molecule has 0 aliphatic carbocycles. The number of carboxylic acids is 1. The zero-order chi connectivity index (χ0) is 17.4. The number of aromatic nitrogens is 1. The number of carboxylic acid groups (broad SMARTS) is 1. The van der Waals surface area contributed by atoms with Gasteiger partial charge in [0.2, 0.25) is 0 Å². The summed E-state index contributed by atoms with van der Waals surface area (Å²) in [7, 11) is 0. The predicted molar refractivity (Wildman–Crippen MR) is 100 cm³/mol. The summed E-state index contributed by atoms with van der Waals surface area (Å²) < 4.78 is 0. The van der Waals surface area contributed by atoms with Crippen molar-refractivity contribution in [1.82, 2.24) is 10.3 Å². The number of benzene rings is 1. The molecule has 2 aromatic rings. The fraction of sp³-hybridized carbons (Fsp3) is 0.312. The zero-order valence-corrected chi connectivity index (χ0v) is 15.6. The molecular weight excluding hydrogens is 364 g/mol. The van der Waals surface area contributed by atoms with Gasteiger partial charge < -0.3 is 10.4 Å². The van der Waals surface area contributed by atoms with Crippen molar-refractivity contribution in [3.05, 3.63) is 45.9 Å². The van der Waals surface area contributed by atoms with E-state index in [0.29, 0.717) is 17.9 Å². The molecule has 1 aromatic carbocycles. The van der Waals surface area contributed by atoms with E-state index in [0.717, 1.165) is 21.3 Å². The van der Waals surface area contributed by atoms with E-state index in [1.54, 1.807) is 29.2 Å². The normalized spacial score (nSPS) is 10.5. The minimum Gasteiger partial charge on any atom is -0.481 e. The minimum absolute atomic E-state index is 0.0510. The Morgan fingerprint density at radius 3 is 2.83 bits per heavy atom. The SMILES string of the molecule is Cc1nc(CSc2ccccc2C(=O)NCCSCC(=O)O)cs1. The lowest BCUT2D eigenvalue weighted by Crippen LogP contribution is -2.26. The van der Waals surface area contributed by atoms with Crippen LogP contribution in [0.4, 0.5) is 0 Å². The molecule has 2 N–H and O–H groups in total. The second-order valence-electron chi connectivity index (χ2n) is 4.84. The van der Waals surface area contributed by atoms with Gasteiger partial charge >= 0.3 is 5.97 Å². The number of nitrogens with zero attached hydrogens (tertiary/aromatic N) is 1. The van der Waals surface area contributed by atoms with E-state index in [4.69, 9.17) is 5.11 Å². The molecule has 0 spiro atoms. The molecule has 0 radical (unpaired) electrons.